The molecule has 0 amide bonds. The van der Waals surface area contributed by atoms with E-state index in [1.54, 1.807) is 0 Å². The molecule has 0 heterocycles. The summed E-state index contributed by atoms with van der Waals surface area (Å²) >= 11 is 2.94. The molecule has 7 heteroatoms. The summed E-state index contributed by atoms with van der Waals surface area (Å²) in [5.41, 5.74) is 0.0365. The highest BCUT2D eigenvalue weighted by Gasteiger charge is 2.16. The van der Waals surface area contributed by atoms with Gasteiger partial charge in [-0.2, -0.15) is 0 Å². The number of nitrogens with one attached hydrogen (secondary N) is 1. The van der Waals surface area contributed by atoms with Crippen LogP contribution in [0.1, 0.15) is 26.2 Å². The van der Waals surface area contributed by atoms with Gasteiger partial charge in [0.1, 0.15) is 11.5 Å². The number of rotatable bonds is 9. The van der Waals surface area contributed by atoms with Crippen LogP contribution >= 0.6 is 15.9 Å². The maximum atomic E-state index is 13.4. The van der Waals surface area contributed by atoms with Gasteiger partial charge in [-0.05, 0) is 28.8 Å². The van der Waals surface area contributed by atoms with E-state index in [-0.39, 0.29) is 15.8 Å². The highest BCUT2D eigenvalue weighted by Crippen LogP contribution is 2.30. The van der Waals surface area contributed by atoms with E-state index in [4.69, 9.17) is 4.74 Å². The Kier molecular flexibility index (Phi) is 7.46. The van der Waals surface area contributed by atoms with Crippen molar-refractivity contribution in [2.45, 2.75) is 26.2 Å². The van der Waals surface area contributed by atoms with E-state index in [1.165, 1.54) is 0 Å². The Labute approximate surface area is 125 Å². The van der Waals surface area contributed by atoms with Crippen LogP contribution in [0.2, 0.25) is 0 Å². The fourth-order valence-electron chi connectivity index (χ4n) is 1.57. The van der Waals surface area contributed by atoms with E-state index < -0.39 is 10.7 Å². The summed E-state index contributed by atoms with van der Waals surface area (Å²) in [6.45, 7) is 3.89. The van der Waals surface area contributed by atoms with E-state index >= 15 is 0 Å². The molecule has 0 aliphatic carbocycles. The first kappa shape index (κ1) is 16.8. The predicted molar refractivity (Wildman–Crippen MR) is 79.6 cm³/mol. The van der Waals surface area contributed by atoms with Crippen molar-refractivity contribution in [3.8, 4) is 0 Å². The topological polar surface area (TPSA) is 64.4 Å². The summed E-state index contributed by atoms with van der Waals surface area (Å²) in [6, 6.07) is 2.29. The molecule has 1 N–H and O–H groups in total. The van der Waals surface area contributed by atoms with Crippen molar-refractivity contribution < 1.29 is 14.1 Å². The average molecular weight is 349 g/mol. The lowest BCUT2D eigenvalue weighted by molar-refractivity contribution is -0.384. The fourth-order valence-corrected chi connectivity index (χ4v) is 1.91. The summed E-state index contributed by atoms with van der Waals surface area (Å²) in [7, 11) is 0. The monoisotopic (exact) mass is 348 g/mol. The molecule has 0 aliphatic rings. The first-order valence-corrected chi connectivity index (χ1v) is 7.30. The van der Waals surface area contributed by atoms with Gasteiger partial charge in [-0.1, -0.05) is 13.3 Å². The molecule has 0 aliphatic heterocycles. The molecule has 0 radical (unpaired) electrons. The molecule has 0 unspecified atom stereocenters. The van der Waals surface area contributed by atoms with E-state index in [0.29, 0.717) is 19.6 Å². The lowest BCUT2D eigenvalue weighted by Crippen LogP contribution is -2.08. The van der Waals surface area contributed by atoms with Gasteiger partial charge in [-0.25, -0.2) is 4.39 Å². The fraction of sp³-hybridized carbons (Fsp3) is 0.538. The summed E-state index contributed by atoms with van der Waals surface area (Å²) in [5.74, 6) is -0.530. The number of unbranched alkanes of at least 4 members (excludes halogenated alkanes) is 1. The molecule has 1 aromatic rings. The van der Waals surface area contributed by atoms with Crippen LogP contribution in [0.3, 0.4) is 0 Å². The van der Waals surface area contributed by atoms with Crippen molar-refractivity contribution in [1.29, 1.82) is 0 Å². The minimum Gasteiger partial charge on any atom is -0.381 e. The number of halogens is 2. The van der Waals surface area contributed by atoms with E-state index in [9.17, 15) is 14.5 Å². The molecule has 1 aromatic carbocycles. The zero-order valence-electron chi connectivity index (χ0n) is 11.3. The van der Waals surface area contributed by atoms with Crippen LogP contribution in [0, 0.1) is 15.9 Å². The number of nitro benzene ring substituents is 1. The number of anilines is 1. The van der Waals surface area contributed by atoms with Gasteiger partial charge in [-0.3, -0.25) is 10.1 Å². The lowest BCUT2D eigenvalue weighted by atomic mass is 10.2. The normalized spacial score (nSPS) is 10.6. The molecule has 0 fully saturated rings. The van der Waals surface area contributed by atoms with Crippen LogP contribution in [-0.2, 0) is 4.74 Å². The van der Waals surface area contributed by atoms with Crippen LogP contribution in [0.15, 0.2) is 16.6 Å². The highest BCUT2D eigenvalue weighted by molar-refractivity contribution is 9.10. The quantitative estimate of drug-likeness (QED) is 0.414. The van der Waals surface area contributed by atoms with Crippen molar-refractivity contribution in [1.82, 2.24) is 0 Å². The Bertz CT molecular complexity index is 457. The molecule has 5 nitrogen and oxygen atoms in total. The van der Waals surface area contributed by atoms with Gasteiger partial charge in [0.05, 0.1) is 9.40 Å². The highest BCUT2D eigenvalue weighted by atomic mass is 79.9. The van der Waals surface area contributed by atoms with Gasteiger partial charge in [-0.15, -0.1) is 0 Å². The van der Waals surface area contributed by atoms with Crippen LogP contribution in [-0.4, -0.2) is 24.7 Å². The van der Waals surface area contributed by atoms with E-state index in [0.717, 1.165) is 31.6 Å². The Morgan fingerprint density at radius 2 is 2.10 bits per heavy atom. The average Bonchev–Trinajstić information content (AvgIpc) is 2.41. The SMILES string of the molecule is CCCCOCCCNc1cc(F)c(Br)cc1[N+](=O)[O-]. The number of hydrogen-bond acceptors (Lipinski definition) is 4. The van der Waals surface area contributed by atoms with Gasteiger partial charge < -0.3 is 10.1 Å². The van der Waals surface area contributed by atoms with Gasteiger partial charge in [0.2, 0.25) is 0 Å². The van der Waals surface area contributed by atoms with E-state index in [1.807, 2.05) is 0 Å². The molecule has 0 bridgehead atoms. The standard InChI is InChI=1S/C13H18BrFN2O3/c1-2-3-6-20-7-4-5-16-12-9-11(15)10(14)8-13(12)17(18)19/h8-9,16H,2-7H2,1H3. The summed E-state index contributed by atoms with van der Waals surface area (Å²) in [5, 5.41) is 13.8. The first-order chi connectivity index (χ1) is 9.56. The number of benzene rings is 1. The second-order valence-corrected chi connectivity index (χ2v) is 5.14. The summed E-state index contributed by atoms with van der Waals surface area (Å²) in [4.78, 5) is 10.4. The predicted octanol–water partition coefficient (Wildman–Crippen LogP) is 4.12. The maximum absolute atomic E-state index is 13.4. The van der Waals surface area contributed by atoms with Gasteiger partial charge in [0.25, 0.3) is 5.69 Å². The molecule has 0 aromatic heterocycles. The van der Waals surface area contributed by atoms with Crippen molar-refractivity contribution in [3.63, 3.8) is 0 Å². The van der Waals surface area contributed by atoms with Gasteiger partial charge >= 0.3 is 0 Å². The first-order valence-electron chi connectivity index (χ1n) is 6.51. The zero-order chi connectivity index (χ0) is 15.0. The Morgan fingerprint density at radius 1 is 1.40 bits per heavy atom. The second kappa shape index (κ2) is 8.86. The molecule has 0 saturated carbocycles. The molecule has 0 atom stereocenters. The van der Waals surface area contributed by atoms with Gasteiger partial charge in [0.15, 0.2) is 0 Å². The van der Waals surface area contributed by atoms with Crippen molar-refractivity contribution in [3.05, 3.63) is 32.5 Å². The third-order valence-electron chi connectivity index (χ3n) is 2.66. The summed E-state index contributed by atoms with van der Waals surface area (Å²) in [6.07, 6.45) is 2.82. The molecular formula is C13H18BrFN2O3. The molecule has 0 saturated heterocycles. The molecular weight excluding hydrogens is 331 g/mol. The molecule has 20 heavy (non-hydrogen) atoms. The third kappa shape index (κ3) is 5.42. The van der Waals surface area contributed by atoms with E-state index in [2.05, 4.69) is 28.2 Å². The number of ether oxygens (including phenoxy) is 1. The Balaban J connectivity index is 2.47. The number of nitrogens with zero attached hydrogens (tertiary/aromatic N) is 1. The molecule has 112 valence electrons. The molecule has 1 rings (SSSR count). The summed E-state index contributed by atoms with van der Waals surface area (Å²) < 4.78 is 18.9. The molecule has 0 spiro atoms. The smallest absolute Gasteiger partial charge is 0.293 e. The van der Waals surface area contributed by atoms with Crippen molar-refractivity contribution >= 4 is 27.3 Å². The van der Waals surface area contributed by atoms with Crippen LogP contribution < -0.4 is 5.32 Å². The van der Waals surface area contributed by atoms with Crippen LogP contribution in [0.4, 0.5) is 15.8 Å². The Hall–Kier alpha value is -1.21. The minimum atomic E-state index is -0.537. The van der Waals surface area contributed by atoms with Crippen LogP contribution in [0.5, 0.6) is 0 Å². The Morgan fingerprint density at radius 3 is 2.75 bits per heavy atom. The van der Waals surface area contributed by atoms with Crippen molar-refractivity contribution in [2.75, 3.05) is 25.1 Å². The third-order valence-corrected chi connectivity index (χ3v) is 3.27. The second-order valence-electron chi connectivity index (χ2n) is 4.29. The van der Waals surface area contributed by atoms with Gasteiger partial charge in [0, 0.05) is 31.9 Å². The maximum Gasteiger partial charge on any atom is 0.293 e. The lowest BCUT2D eigenvalue weighted by Gasteiger charge is -2.08. The number of hydrogen-bond donors (Lipinski definition) is 1. The van der Waals surface area contributed by atoms with Crippen molar-refractivity contribution in [2.24, 2.45) is 0 Å². The zero-order valence-corrected chi connectivity index (χ0v) is 12.9. The minimum absolute atomic E-state index is 0.0812. The van der Waals surface area contributed by atoms with Crippen LogP contribution in [0.25, 0.3) is 0 Å². The largest absolute Gasteiger partial charge is 0.381 e. The number of nitro groups is 1.